The van der Waals surface area contributed by atoms with Crippen molar-refractivity contribution in [2.45, 2.75) is 63.2 Å². The number of hydrogen-bond acceptors (Lipinski definition) is 3. The SMILES string of the molecule is NC1CCc2c(OC3CCCCCC3O)cccc21. The highest BCUT2D eigenvalue weighted by atomic mass is 16.5. The molecule has 0 spiro atoms. The number of aliphatic hydroxyl groups excluding tert-OH is 1. The van der Waals surface area contributed by atoms with Gasteiger partial charge in [0.25, 0.3) is 0 Å². The van der Waals surface area contributed by atoms with E-state index in [1.54, 1.807) is 0 Å². The van der Waals surface area contributed by atoms with Gasteiger partial charge in [0.1, 0.15) is 11.9 Å². The van der Waals surface area contributed by atoms with Crippen molar-refractivity contribution in [1.29, 1.82) is 0 Å². The van der Waals surface area contributed by atoms with Crippen molar-refractivity contribution in [2.75, 3.05) is 0 Å². The van der Waals surface area contributed by atoms with Crippen LogP contribution in [0.2, 0.25) is 0 Å². The summed E-state index contributed by atoms with van der Waals surface area (Å²) in [4.78, 5) is 0. The zero-order valence-electron chi connectivity index (χ0n) is 11.3. The van der Waals surface area contributed by atoms with E-state index in [9.17, 15) is 5.11 Å². The van der Waals surface area contributed by atoms with Crippen LogP contribution in [0, 0.1) is 0 Å². The summed E-state index contributed by atoms with van der Waals surface area (Å²) in [6.07, 6.45) is 6.90. The molecule has 0 bridgehead atoms. The number of ether oxygens (including phenoxy) is 1. The topological polar surface area (TPSA) is 55.5 Å². The molecule has 0 aliphatic heterocycles. The zero-order chi connectivity index (χ0) is 13.2. The van der Waals surface area contributed by atoms with E-state index in [2.05, 4.69) is 6.07 Å². The molecular formula is C16H23NO2. The van der Waals surface area contributed by atoms with Crippen LogP contribution in [0.5, 0.6) is 5.75 Å². The maximum absolute atomic E-state index is 10.2. The number of aliphatic hydroxyl groups is 1. The molecule has 19 heavy (non-hydrogen) atoms. The Hall–Kier alpha value is -1.06. The average molecular weight is 261 g/mol. The molecule has 2 aliphatic rings. The van der Waals surface area contributed by atoms with Gasteiger partial charge in [-0.3, -0.25) is 0 Å². The van der Waals surface area contributed by atoms with Gasteiger partial charge in [-0.05, 0) is 49.3 Å². The summed E-state index contributed by atoms with van der Waals surface area (Å²) >= 11 is 0. The quantitative estimate of drug-likeness (QED) is 0.805. The summed E-state index contributed by atoms with van der Waals surface area (Å²) in [7, 11) is 0. The molecule has 1 fully saturated rings. The fourth-order valence-corrected chi connectivity index (χ4v) is 3.32. The number of benzene rings is 1. The summed E-state index contributed by atoms with van der Waals surface area (Å²) in [5, 5.41) is 10.2. The fourth-order valence-electron chi connectivity index (χ4n) is 3.32. The molecule has 104 valence electrons. The van der Waals surface area contributed by atoms with E-state index in [1.807, 2.05) is 12.1 Å². The van der Waals surface area contributed by atoms with E-state index in [1.165, 1.54) is 17.5 Å². The van der Waals surface area contributed by atoms with Crippen LogP contribution in [0.25, 0.3) is 0 Å². The maximum atomic E-state index is 10.2. The molecule has 0 aromatic heterocycles. The van der Waals surface area contributed by atoms with Crippen molar-refractivity contribution >= 4 is 0 Å². The summed E-state index contributed by atoms with van der Waals surface area (Å²) in [5.41, 5.74) is 8.57. The van der Waals surface area contributed by atoms with Gasteiger partial charge in [-0.25, -0.2) is 0 Å². The lowest BCUT2D eigenvalue weighted by Crippen LogP contribution is -2.30. The van der Waals surface area contributed by atoms with Crippen LogP contribution in [-0.2, 0) is 6.42 Å². The van der Waals surface area contributed by atoms with Crippen molar-refractivity contribution in [2.24, 2.45) is 5.73 Å². The molecule has 1 aromatic carbocycles. The third-order valence-corrected chi connectivity index (χ3v) is 4.47. The Labute approximate surface area is 114 Å². The third kappa shape index (κ3) is 2.63. The molecule has 3 unspecified atom stereocenters. The molecular weight excluding hydrogens is 238 g/mol. The molecule has 1 saturated carbocycles. The van der Waals surface area contributed by atoms with Gasteiger partial charge >= 0.3 is 0 Å². The van der Waals surface area contributed by atoms with Gasteiger partial charge in [0.2, 0.25) is 0 Å². The van der Waals surface area contributed by atoms with Crippen LogP contribution in [0.4, 0.5) is 0 Å². The van der Waals surface area contributed by atoms with Crippen molar-refractivity contribution in [1.82, 2.24) is 0 Å². The van der Waals surface area contributed by atoms with Gasteiger partial charge in [0.05, 0.1) is 6.10 Å². The standard InChI is InChI=1S/C16H23NO2/c17-13-10-9-12-11(13)5-4-8-15(12)19-16-7-3-1-2-6-14(16)18/h4-5,8,13-14,16,18H,1-3,6-7,9-10,17H2. The van der Waals surface area contributed by atoms with E-state index < -0.39 is 0 Å². The molecule has 3 heteroatoms. The predicted molar refractivity (Wildman–Crippen MR) is 75.2 cm³/mol. The predicted octanol–water partition coefficient (Wildman–Crippen LogP) is 2.71. The van der Waals surface area contributed by atoms with Crippen LogP contribution in [0.15, 0.2) is 18.2 Å². The highest BCUT2D eigenvalue weighted by Gasteiger charge is 2.27. The number of hydrogen-bond donors (Lipinski definition) is 2. The first kappa shape index (κ1) is 12.9. The Balaban J connectivity index is 1.80. The Bertz CT molecular complexity index is 446. The normalized spacial score (nSPS) is 30.7. The van der Waals surface area contributed by atoms with Crippen molar-refractivity contribution in [3.05, 3.63) is 29.3 Å². The lowest BCUT2D eigenvalue weighted by molar-refractivity contribution is 0.0315. The van der Waals surface area contributed by atoms with Crippen LogP contribution < -0.4 is 10.5 Å². The maximum Gasteiger partial charge on any atom is 0.124 e. The summed E-state index contributed by atoms with van der Waals surface area (Å²) < 4.78 is 6.13. The average Bonchev–Trinajstić information content (AvgIpc) is 2.67. The molecule has 0 saturated heterocycles. The molecule has 0 radical (unpaired) electrons. The zero-order valence-corrected chi connectivity index (χ0v) is 11.3. The fraction of sp³-hybridized carbons (Fsp3) is 0.625. The van der Waals surface area contributed by atoms with E-state index in [0.29, 0.717) is 0 Å². The second kappa shape index (κ2) is 5.51. The molecule has 0 heterocycles. The van der Waals surface area contributed by atoms with Gasteiger partial charge in [0.15, 0.2) is 0 Å². The van der Waals surface area contributed by atoms with Gasteiger partial charge in [-0.1, -0.05) is 25.0 Å². The molecule has 3 nitrogen and oxygen atoms in total. The lowest BCUT2D eigenvalue weighted by Gasteiger charge is -2.23. The Morgan fingerprint density at radius 1 is 1.11 bits per heavy atom. The molecule has 3 N–H and O–H groups in total. The summed E-state index contributed by atoms with van der Waals surface area (Å²) in [6, 6.07) is 6.29. The second-order valence-corrected chi connectivity index (χ2v) is 5.83. The van der Waals surface area contributed by atoms with Gasteiger partial charge in [0, 0.05) is 6.04 Å². The first-order chi connectivity index (χ1) is 9.25. The molecule has 1 aromatic rings. The third-order valence-electron chi connectivity index (χ3n) is 4.47. The molecule has 3 rings (SSSR count). The van der Waals surface area contributed by atoms with E-state index in [4.69, 9.17) is 10.5 Å². The van der Waals surface area contributed by atoms with Crippen LogP contribution in [0.1, 0.15) is 55.7 Å². The van der Waals surface area contributed by atoms with Crippen molar-refractivity contribution < 1.29 is 9.84 Å². The van der Waals surface area contributed by atoms with Crippen molar-refractivity contribution in [3.8, 4) is 5.75 Å². The lowest BCUT2D eigenvalue weighted by atomic mass is 10.1. The minimum Gasteiger partial charge on any atom is -0.487 e. The monoisotopic (exact) mass is 261 g/mol. The van der Waals surface area contributed by atoms with E-state index in [-0.39, 0.29) is 18.2 Å². The first-order valence-corrected chi connectivity index (χ1v) is 7.48. The van der Waals surface area contributed by atoms with Crippen LogP contribution >= 0.6 is 0 Å². The summed E-state index contributed by atoms with van der Waals surface area (Å²) in [5.74, 6) is 0.941. The van der Waals surface area contributed by atoms with Gasteiger partial charge in [-0.2, -0.15) is 0 Å². The first-order valence-electron chi connectivity index (χ1n) is 7.48. The second-order valence-electron chi connectivity index (χ2n) is 5.83. The molecule has 2 aliphatic carbocycles. The van der Waals surface area contributed by atoms with Gasteiger partial charge < -0.3 is 15.6 Å². The Morgan fingerprint density at radius 2 is 1.95 bits per heavy atom. The minimum atomic E-state index is -0.326. The Kier molecular flexibility index (Phi) is 3.76. The summed E-state index contributed by atoms with van der Waals surface area (Å²) in [6.45, 7) is 0. The molecule has 3 atom stereocenters. The smallest absolute Gasteiger partial charge is 0.124 e. The van der Waals surface area contributed by atoms with Crippen LogP contribution in [0.3, 0.4) is 0 Å². The highest BCUT2D eigenvalue weighted by Crippen LogP contribution is 2.36. The van der Waals surface area contributed by atoms with Crippen LogP contribution in [-0.4, -0.2) is 17.3 Å². The number of fused-ring (bicyclic) bond motifs is 1. The molecule has 0 amide bonds. The van der Waals surface area contributed by atoms with Crippen molar-refractivity contribution in [3.63, 3.8) is 0 Å². The minimum absolute atomic E-state index is 0.0502. The number of nitrogens with two attached hydrogens (primary N) is 1. The largest absolute Gasteiger partial charge is 0.487 e. The highest BCUT2D eigenvalue weighted by molar-refractivity contribution is 5.45. The number of rotatable bonds is 2. The Morgan fingerprint density at radius 3 is 2.84 bits per heavy atom. The van der Waals surface area contributed by atoms with E-state index in [0.717, 1.165) is 44.3 Å². The van der Waals surface area contributed by atoms with E-state index >= 15 is 0 Å². The van der Waals surface area contributed by atoms with Gasteiger partial charge in [-0.15, -0.1) is 0 Å².